The number of fused-ring (bicyclic) bond motifs is 5. The lowest BCUT2D eigenvalue weighted by Gasteiger charge is -2.61. The third kappa shape index (κ3) is 2.12. The summed E-state index contributed by atoms with van der Waals surface area (Å²) in [5.41, 5.74) is -4.50. The van der Waals surface area contributed by atoms with Crippen molar-refractivity contribution in [2.24, 2.45) is 28.6 Å². The van der Waals surface area contributed by atoms with Crippen LogP contribution in [0.15, 0.2) is 35.1 Å². The Kier molecular flexibility index (Phi) is 3.17. The second kappa shape index (κ2) is 5.63. The Morgan fingerprint density at radius 3 is 2.81 bits per heavy atom. The Hall–Kier alpha value is -1.75. The van der Waals surface area contributed by atoms with Crippen LogP contribution in [0, 0.1) is 28.6 Å². The molecule has 4 aliphatic carbocycles. The Bertz CT molecular complexity index is 941. The molecule has 4 aliphatic rings. The fourth-order valence-corrected chi connectivity index (χ4v) is 6.49. The van der Waals surface area contributed by atoms with Gasteiger partial charge >= 0.3 is 0 Å². The molecule has 4 nitrogen and oxygen atoms in total. The number of halogens is 1. The van der Waals surface area contributed by atoms with E-state index in [0.717, 1.165) is 6.08 Å². The van der Waals surface area contributed by atoms with Gasteiger partial charge in [0.15, 0.2) is 23.5 Å². The predicted octanol–water partition coefficient (Wildman–Crippen LogP) is 3.61. The molecule has 4 rings (SSSR count). The van der Waals surface area contributed by atoms with E-state index in [-0.39, 0.29) is 24.3 Å². The second-order valence-electron chi connectivity index (χ2n) is 8.95. The van der Waals surface area contributed by atoms with Crippen LogP contribution in [0.5, 0.6) is 0 Å². The Labute approximate surface area is 163 Å². The first-order valence-electron chi connectivity index (χ1n) is 11.0. The van der Waals surface area contributed by atoms with E-state index in [0.29, 0.717) is 18.3 Å². The third-order valence-corrected chi connectivity index (χ3v) is 7.68. The molecule has 5 heteroatoms. The molecule has 3 fully saturated rings. The number of ketones is 1. The van der Waals surface area contributed by atoms with Gasteiger partial charge in [-0.3, -0.25) is 9.59 Å². The fourth-order valence-electron chi connectivity index (χ4n) is 6.49. The normalized spacial score (nSPS) is 54.3. The highest BCUT2D eigenvalue weighted by Gasteiger charge is 2.70. The smallest absolute Gasteiger partial charge is 0.184 e. The van der Waals surface area contributed by atoms with Crippen LogP contribution >= 0.6 is 0 Å². The molecule has 0 amide bonds. The third-order valence-electron chi connectivity index (χ3n) is 7.68. The zero-order valence-corrected chi connectivity index (χ0v) is 15.8. The maximum atomic E-state index is 17.1. The van der Waals surface area contributed by atoms with Crippen molar-refractivity contribution in [3.8, 4) is 0 Å². The minimum absolute atomic E-state index is 0.0385. The first-order valence-corrected chi connectivity index (χ1v) is 9.47. The highest BCUT2D eigenvalue weighted by Crippen LogP contribution is 2.69. The van der Waals surface area contributed by atoms with Gasteiger partial charge in [-0.1, -0.05) is 25.5 Å². The van der Waals surface area contributed by atoms with Crippen LogP contribution < -0.4 is 0 Å². The average Bonchev–Trinajstić information content (AvgIpc) is 2.90. The Morgan fingerprint density at radius 2 is 2.15 bits per heavy atom. The topological polar surface area (TPSA) is 74.6 Å². The predicted molar refractivity (Wildman–Crippen MR) is 98.6 cm³/mol. The van der Waals surface area contributed by atoms with Gasteiger partial charge in [-0.05, 0) is 67.5 Å². The molecular formula is C22H27FO4. The minimum atomic E-state index is -2.28. The van der Waals surface area contributed by atoms with Crippen molar-refractivity contribution in [1.82, 2.24) is 0 Å². The van der Waals surface area contributed by atoms with Gasteiger partial charge in [0, 0.05) is 14.1 Å². The number of allylic oxidation sites excluding steroid dienone is 6. The van der Waals surface area contributed by atoms with Gasteiger partial charge in [-0.15, -0.1) is 0 Å². The molecule has 0 aromatic carbocycles. The van der Waals surface area contributed by atoms with Crippen LogP contribution in [0.3, 0.4) is 0 Å². The van der Waals surface area contributed by atoms with Crippen molar-refractivity contribution in [2.45, 2.75) is 58.2 Å². The fraction of sp³-hybridized carbons (Fsp3) is 0.636. The maximum Gasteiger partial charge on any atom is 0.184 e. The molecule has 0 bridgehead atoms. The van der Waals surface area contributed by atoms with Crippen LogP contribution in [0.1, 0.15) is 50.5 Å². The first-order chi connectivity index (χ1) is 13.8. The van der Waals surface area contributed by atoms with Gasteiger partial charge in [0.05, 0.1) is 7.47 Å². The summed E-state index contributed by atoms with van der Waals surface area (Å²) >= 11 is 0. The number of aliphatic hydroxyl groups excluding tert-OH is 2. The number of aldehydes is 1. The molecule has 0 radical (unpaired) electrons. The molecule has 0 heterocycles. The number of rotatable bonds is 1. The standard InChI is InChI=1S/C22H27FO4/c1-12-8-16-15-5-4-13-9-14(25)6-7-21(13,3)22(15,23)18(27)10-20(16,2)19(12)17(26)11-24/h6-7,9,11-12,15-16,18,26-27H,4-5,8,10H2,1-3H3/b19-17-/t12-,15-,16-,18-,20-,21-,22-/m0/s1/i4D2,9D. The van der Waals surface area contributed by atoms with Gasteiger partial charge in [0.1, 0.15) is 0 Å². The van der Waals surface area contributed by atoms with Crippen LogP contribution in [0.25, 0.3) is 0 Å². The summed E-state index contributed by atoms with van der Waals surface area (Å²) in [4.78, 5) is 23.4. The van der Waals surface area contributed by atoms with E-state index >= 15 is 4.39 Å². The number of carbonyl (C=O) groups excluding carboxylic acids is 2. The van der Waals surface area contributed by atoms with E-state index in [9.17, 15) is 19.8 Å². The van der Waals surface area contributed by atoms with Gasteiger partial charge in [-0.2, -0.15) is 0 Å². The average molecular weight is 377 g/mol. The van der Waals surface area contributed by atoms with Gasteiger partial charge in [0.2, 0.25) is 0 Å². The van der Waals surface area contributed by atoms with Gasteiger partial charge < -0.3 is 10.2 Å². The molecule has 27 heavy (non-hydrogen) atoms. The lowest BCUT2D eigenvalue weighted by Crippen LogP contribution is -2.66. The number of hydrogen-bond acceptors (Lipinski definition) is 4. The maximum absolute atomic E-state index is 17.1. The molecule has 7 atom stereocenters. The van der Waals surface area contributed by atoms with Crippen molar-refractivity contribution in [3.05, 3.63) is 35.1 Å². The van der Waals surface area contributed by atoms with E-state index < -0.39 is 58.4 Å². The Balaban J connectivity index is 1.95. The molecule has 3 saturated carbocycles. The summed E-state index contributed by atoms with van der Waals surface area (Å²) in [5, 5.41) is 21.4. The zero-order chi connectivity index (χ0) is 22.4. The summed E-state index contributed by atoms with van der Waals surface area (Å²) in [6, 6.07) is -0.542. The summed E-state index contributed by atoms with van der Waals surface area (Å²) in [5.74, 6) is -2.61. The van der Waals surface area contributed by atoms with Crippen LogP contribution in [0.2, 0.25) is 0 Å². The van der Waals surface area contributed by atoms with Crippen molar-refractivity contribution in [1.29, 1.82) is 0 Å². The minimum Gasteiger partial charge on any atom is -0.505 e. The quantitative estimate of drug-likeness (QED) is 0.416. The van der Waals surface area contributed by atoms with Crippen molar-refractivity contribution >= 4 is 12.1 Å². The Morgan fingerprint density at radius 1 is 1.44 bits per heavy atom. The molecule has 0 aliphatic heterocycles. The highest BCUT2D eigenvalue weighted by atomic mass is 19.1. The molecule has 0 unspecified atom stereocenters. The number of aliphatic hydroxyl groups is 2. The van der Waals surface area contributed by atoms with E-state index in [1.54, 1.807) is 6.92 Å². The van der Waals surface area contributed by atoms with E-state index in [1.165, 1.54) is 13.0 Å². The summed E-state index contributed by atoms with van der Waals surface area (Å²) in [6.45, 7) is 5.11. The SMILES string of the molecule is [2H]C1=C2C([2H])([2H])C[C@H]3[C@@H]4C[C@H](C)/C(=C(/O)C=O)[C@@]4(C)C[C@H](O)[C@]3(F)[C@@]2(C)C=CC1=O. The van der Waals surface area contributed by atoms with Gasteiger partial charge in [-0.25, -0.2) is 4.39 Å². The molecule has 0 saturated heterocycles. The number of alkyl halides is 1. The van der Waals surface area contributed by atoms with Crippen molar-refractivity contribution in [3.63, 3.8) is 0 Å². The second-order valence-corrected chi connectivity index (χ2v) is 8.95. The summed E-state index contributed by atoms with van der Waals surface area (Å²) in [7, 11) is 0. The zero-order valence-electron chi connectivity index (χ0n) is 18.8. The van der Waals surface area contributed by atoms with Gasteiger partial charge in [0.25, 0.3) is 0 Å². The van der Waals surface area contributed by atoms with E-state index in [4.69, 9.17) is 4.11 Å². The molecular weight excluding hydrogens is 347 g/mol. The van der Waals surface area contributed by atoms with Crippen LogP contribution in [0.4, 0.5) is 4.39 Å². The van der Waals surface area contributed by atoms with Crippen LogP contribution in [-0.4, -0.2) is 34.1 Å². The van der Waals surface area contributed by atoms with Crippen molar-refractivity contribution < 1.29 is 28.3 Å². The van der Waals surface area contributed by atoms with Crippen LogP contribution in [-0.2, 0) is 9.59 Å². The summed E-state index contributed by atoms with van der Waals surface area (Å²) in [6.07, 6.45) is -0.705. The number of carbonyl (C=O) groups is 2. The molecule has 0 aromatic heterocycles. The monoisotopic (exact) mass is 377 g/mol. The van der Waals surface area contributed by atoms with Crippen molar-refractivity contribution in [2.75, 3.05) is 0 Å². The highest BCUT2D eigenvalue weighted by molar-refractivity contribution is 6.01. The lowest BCUT2D eigenvalue weighted by atomic mass is 9.45. The van der Waals surface area contributed by atoms with E-state index in [2.05, 4.69) is 0 Å². The number of hydrogen-bond donors (Lipinski definition) is 2. The molecule has 2 N–H and O–H groups in total. The molecule has 0 aromatic rings. The van der Waals surface area contributed by atoms with E-state index in [1.807, 2.05) is 6.92 Å². The first kappa shape index (κ1) is 15.2. The largest absolute Gasteiger partial charge is 0.505 e. The summed E-state index contributed by atoms with van der Waals surface area (Å²) < 4.78 is 42.5. The lowest BCUT2D eigenvalue weighted by molar-refractivity contribution is -0.184. The molecule has 146 valence electrons. The molecule has 0 spiro atoms.